The number of carboxylic acid groups (broad SMARTS) is 1. The molecule has 1 aromatic carbocycles. The molecule has 1 fully saturated rings. The molecule has 11 heteroatoms. The first-order valence-corrected chi connectivity index (χ1v) is 10.8. The van der Waals surface area contributed by atoms with Crippen molar-refractivity contribution in [3.8, 4) is 0 Å². The molecular formula is C22H30ClN4O5Y-. The van der Waals surface area contributed by atoms with Gasteiger partial charge in [-0.05, 0) is 31.2 Å². The third-order valence-electron chi connectivity index (χ3n) is 5.33. The summed E-state index contributed by atoms with van der Waals surface area (Å²) in [6.07, 6.45) is 0.873. The maximum atomic E-state index is 13.4. The zero-order valence-electron chi connectivity index (χ0n) is 19.3. The summed E-state index contributed by atoms with van der Waals surface area (Å²) in [6, 6.07) is 2.04. The van der Waals surface area contributed by atoms with Gasteiger partial charge in [0.05, 0.1) is 6.42 Å². The number of benzene rings is 1. The molecule has 3 amide bonds. The smallest absolute Gasteiger partial charge is 0.305 e. The predicted octanol–water partition coefficient (Wildman–Crippen LogP) is 3.14. The molecule has 0 spiro atoms. The molecule has 4 N–H and O–H groups in total. The fraction of sp³-hybridized carbons (Fsp3) is 0.545. The Kier molecular flexibility index (Phi) is 10.8. The molecule has 0 aromatic heterocycles. The van der Waals surface area contributed by atoms with Gasteiger partial charge in [-0.3, -0.25) is 19.2 Å². The number of aliphatic carboxylic acids is 1. The molecule has 1 aliphatic rings. The molecular weight excluding hydrogens is 525 g/mol. The van der Waals surface area contributed by atoms with Crippen LogP contribution >= 0.6 is 11.6 Å². The van der Waals surface area contributed by atoms with Gasteiger partial charge in [0.1, 0.15) is 12.1 Å². The topological polar surface area (TPSA) is 140 Å². The van der Waals surface area contributed by atoms with E-state index in [4.69, 9.17) is 22.4 Å². The number of carboxylic acids is 1. The number of hydrogen-bond donors (Lipinski definition) is 3. The molecule has 33 heavy (non-hydrogen) atoms. The van der Waals surface area contributed by atoms with Crippen molar-refractivity contribution in [1.29, 1.82) is 0 Å². The summed E-state index contributed by atoms with van der Waals surface area (Å²) in [7, 11) is 0. The second kappa shape index (κ2) is 12.1. The Balaban J connectivity index is 0.00000544. The van der Waals surface area contributed by atoms with Crippen LogP contribution in [-0.4, -0.2) is 58.4 Å². The van der Waals surface area contributed by atoms with E-state index in [0.29, 0.717) is 19.4 Å². The zero-order valence-corrected chi connectivity index (χ0v) is 22.9. The number of likely N-dealkylation sites (tertiary alicyclic amines) is 1. The molecule has 1 aliphatic heterocycles. The van der Waals surface area contributed by atoms with Crippen LogP contribution in [0.15, 0.2) is 18.2 Å². The fourth-order valence-electron chi connectivity index (χ4n) is 3.64. The SMILES string of the molecule is CC(CC(=O)O)NC(=O)C1CCCN1C(=O)C(NC(=O)c1ccc([NH-])c(Cl)c1)C(C)(C)C.[Y]. The van der Waals surface area contributed by atoms with Crippen molar-refractivity contribution < 1.29 is 57.0 Å². The van der Waals surface area contributed by atoms with Crippen molar-refractivity contribution in [2.45, 2.75) is 65.1 Å². The summed E-state index contributed by atoms with van der Waals surface area (Å²) in [5, 5.41) is 14.5. The second-order valence-electron chi connectivity index (χ2n) is 9.16. The Morgan fingerprint density at radius 3 is 2.42 bits per heavy atom. The largest absolute Gasteiger partial charge is 0.698 e. The summed E-state index contributed by atoms with van der Waals surface area (Å²) in [4.78, 5) is 51.3. The van der Waals surface area contributed by atoms with Crippen LogP contribution in [0, 0.1) is 5.41 Å². The average molecular weight is 555 g/mol. The standard InChI is InChI=1S/C22H31ClN4O5.Y/c1-12(10-17(28)29)25-20(31)16-6-5-9-27(16)21(32)18(22(2,3)4)26-19(30)13-7-8-15(24)14(23)11-13;/h7-8,11-12,16,18H,5-6,9-10H2,1-4H3,(H5,24,25,26,28,29,30,31);/p-1. The molecule has 2 rings (SSSR count). The number of nitrogens with zero attached hydrogens (tertiary/aromatic N) is 1. The molecule has 179 valence electrons. The number of rotatable bonds is 7. The van der Waals surface area contributed by atoms with Crippen molar-refractivity contribution in [3.05, 3.63) is 34.5 Å². The summed E-state index contributed by atoms with van der Waals surface area (Å²) in [6.45, 7) is 7.41. The van der Waals surface area contributed by atoms with E-state index in [-0.39, 0.29) is 61.3 Å². The van der Waals surface area contributed by atoms with Gasteiger partial charge in [-0.2, -0.15) is 0 Å². The Hall–Kier alpha value is -1.71. The minimum Gasteiger partial charge on any atom is -0.698 e. The van der Waals surface area contributed by atoms with E-state index in [1.165, 1.54) is 23.1 Å². The summed E-state index contributed by atoms with van der Waals surface area (Å²) < 4.78 is 0. The first-order valence-electron chi connectivity index (χ1n) is 10.5. The molecule has 3 unspecified atom stereocenters. The fourth-order valence-corrected chi connectivity index (χ4v) is 3.82. The third-order valence-corrected chi connectivity index (χ3v) is 5.64. The van der Waals surface area contributed by atoms with Crippen LogP contribution in [0.4, 0.5) is 5.69 Å². The normalized spacial score (nSPS) is 17.5. The molecule has 3 atom stereocenters. The Labute approximate surface area is 224 Å². The van der Waals surface area contributed by atoms with Gasteiger partial charge in [0.2, 0.25) is 11.8 Å². The van der Waals surface area contributed by atoms with E-state index in [9.17, 15) is 19.2 Å². The molecule has 0 aliphatic carbocycles. The minimum atomic E-state index is -1.02. The van der Waals surface area contributed by atoms with Crippen LogP contribution in [0.2, 0.25) is 5.02 Å². The Morgan fingerprint density at radius 2 is 1.88 bits per heavy atom. The number of hydrogen-bond acceptors (Lipinski definition) is 4. The second-order valence-corrected chi connectivity index (χ2v) is 9.57. The third kappa shape index (κ3) is 7.93. The van der Waals surface area contributed by atoms with Gasteiger partial charge < -0.3 is 26.4 Å². The summed E-state index contributed by atoms with van der Waals surface area (Å²) in [5.41, 5.74) is 7.31. The first kappa shape index (κ1) is 29.3. The van der Waals surface area contributed by atoms with Gasteiger partial charge in [-0.25, -0.2) is 0 Å². The molecule has 1 saturated heterocycles. The Bertz CT molecular complexity index is 905. The number of amides is 3. The van der Waals surface area contributed by atoms with E-state index in [0.717, 1.165) is 0 Å². The van der Waals surface area contributed by atoms with Crippen LogP contribution in [0.25, 0.3) is 5.73 Å². The van der Waals surface area contributed by atoms with Crippen molar-refractivity contribution >= 4 is 41.0 Å². The van der Waals surface area contributed by atoms with E-state index in [1.807, 2.05) is 20.8 Å². The van der Waals surface area contributed by atoms with Crippen molar-refractivity contribution in [3.63, 3.8) is 0 Å². The van der Waals surface area contributed by atoms with Crippen LogP contribution < -0.4 is 10.6 Å². The van der Waals surface area contributed by atoms with Crippen LogP contribution in [0.1, 0.15) is 57.3 Å². The number of nitrogens with one attached hydrogen (secondary N) is 3. The molecule has 1 radical (unpaired) electrons. The van der Waals surface area contributed by atoms with Gasteiger partial charge in [-0.1, -0.05) is 44.5 Å². The van der Waals surface area contributed by atoms with E-state index in [2.05, 4.69) is 10.6 Å². The molecule has 1 heterocycles. The van der Waals surface area contributed by atoms with E-state index >= 15 is 0 Å². The summed E-state index contributed by atoms with van der Waals surface area (Å²) >= 11 is 5.95. The van der Waals surface area contributed by atoms with Crippen molar-refractivity contribution in [2.75, 3.05) is 6.54 Å². The van der Waals surface area contributed by atoms with E-state index in [1.54, 1.807) is 6.92 Å². The van der Waals surface area contributed by atoms with Gasteiger partial charge in [0, 0.05) is 55.9 Å². The van der Waals surface area contributed by atoms with E-state index < -0.39 is 41.3 Å². The zero-order chi connectivity index (χ0) is 24.2. The van der Waals surface area contributed by atoms with Crippen LogP contribution in [-0.2, 0) is 47.1 Å². The molecule has 0 saturated carbocycles. The summed E-state index contributed by atoms with van der Waals surface area (Å²) in [5.74, 6) is -2.30. The Morgan fingerprint density at radius 1 is 1.24 bits per heavy atom. The maximum Gasteiger partial charge on any atom is 0.305 e. The molecule has 0 bridgehead atoms. The van der Waals surface area contributed by atoms with Gasteiger partial charge >= 0.3 is 5.97 Å². The monoisotopic (exact) mass is 554 g/mol. The van der Waals surface area contributed by atoms with Gasteiger partial charge in [0.15, 0.2) is 0 Å². The molecule has 1 aromatic rings. The number of carbonyl (C=O) groups excluding carboxylic acids is 3. The van der Waals surface area contributed by atoms with Gasteiger partial charge in [0.25, 0.3) is 5.91 Å². The predicted molar refractivity (Wildman–Crippen MR) is 121 cm³/mol. The maximum absolute atomic E-state index is 13.4. The van der Waals surface area contributed by atoms with Crippen molar-refractivity contribution in [1.82, 2.24) is 15.5 Å². The van der Waals surface area contributed by atoms with Crippen LogP contribution in [0.5, 0.6) is 0 Å². The first-order chi connectivity index (χ1) is 14.8. The number of halogens is 1. The molecule has 9 nitrogen and oxygen atoms in total. The van der Waals surface area contributed by atoms with Crippen LogP contribution in [0.3, 0.4) is 0 Å². The number of carbonyl (C=O) groups is 4. The van der Waals surface area contributed by atoms with Crippen molar-refractivity contribution in [2.24, 2.45) is 5.41 Å². The minimum absolute atomic E-state index is 0. The quantitative estimate of drug-likeness (QED) is 0.475. The van der Waals surface area contributed by atoms with Gasteiger partial charge in [-0.15, -0.1) is 5.69 Å². The average Bonchev–Trinajstić information content (AvgIpc) is 3.16.